The summed E-state index contributed by atoms with van der Waals surface area (Å²) in [6.45, 7) is 5.68. The molecule has 0 atom stereocenters. The van der Waals surface area contributed by atoms with Crippen molar-refractivity contribution in [1.29, 1.82) is 0 Å². The number of hydrogen-bond donors (Lipinski definition) is 3. The van der Waals surface area contributed by atoms with Gasteiger partial charge in [0.05, 0.1) is 16.3 Å². The van der Waals surface area contributed by atoms with Crippen molar-refractivity contribution in [3.8, 4) is 16.9 Å². The van der Waals surface area contributed by atoms with Crippen LogP contribution in [0.5, 0.6) is 5.75 Å². The van der Waals surface area contributed by atoms with E-state index in [-0.39, 0.29) is 52.3 Å². The maximum absolute atomic E-state index is 13.3. The van der Waals surface area contributed by atoms with Crippen LogP contribution in [0.1, 0.15) is 27.6 Å². The molecule has 45 heavy (non-hydrogen) atoms. The summed E-state index contributed by atoms with van der Waals surface area (Å²) in [5.74, 6) is -1.08. The zero-order chi connectivity index (χ0) is 31.2. The van der Waals surface area contributed by atoms with Gasteiger partial charge in [-0.2, -0.15) is 0 Å². The summed E-state index contributed by atoms with van der Waals surface area (Å²) in [6, 6.07) is 17.5. The van der Waals surface area contributed by atoms with Crippen molar-refractivity contribution in [3.63, 3.8) is 0 Å². The van der Waals surface area contributed by atoms with Crippen LogP contribution in [0.3, 0.4) is 0 Å². The molecule has 3 heterocycles. The van der Waals surface area contributed by atoms with Gasteiger partial charge in [0, 0.05) is 69.7 Å². The third kappa shape index (κ3) is 8.07. The minimum absolute atomic E-state index is 0. The molecular formula is C32H32Cl2N6O5. The minimum Gasteiger partial charge on any atom is -0.506 e. The van der Waals surface area contributed by atoms with E-state index in [0.717, 1.165) is 13.1 Å². The monoisotopic (exact) mass is 650 g/mol. The lowest BCUT2D eigenvalue weighted by Crippen LogP contribution is -2.48. The molecule has 0 saturated carbocycles. The summed E-state index contributed by atoms with van der Waals surface area (Å²) in [5.41, 5.74) is 1.25. The summed E-state index contributed by atoms with van der Waals surface area (Å²) in [7, 11) is 0. The number of amides is 3. The second kappa shape index (κ2) is 14.8. The highest BCUT2D eigenvalue weighted by Crippen LogP contribution is 2.29. The lowest BCUT2D eigenvalue weighted by Gasteiger charge is -2.34. The van der Waals surface area contributed by atoms with Crippen molar-refractivity contribution in [2.24, 2.45) is 0 Å². The van der Waals surface area contributed by atoms with Crippen molar-refractivity contribution < 1.29 is 19.5 Å². The Morgan fingerprint density at radius 3 is 2.29 bits per heavy atom. The Morgan fingerprint density at radius 1 is 0.889 bits per heavy atom. The van der Waals surface area contributed by atoms with Crippen LogP contribution < -0.4 is 16.2 Å². The molecule has 4 aromatic rings. The molecule has 2 aromatic heterocycles. The molecule has 3 amide bonds. The minimum atomic E-state index is -0.583. The first-order valence-corrected chi connectivity index (χ1v) is 14.4. The molecule has 0 radical (unpaired) electrons. The molecule has 1 saturated heterocycles. The average molecular weight is 652 g/mol. The Bertz CT molecular complexity index is 1740. The van der Waals surface area contributed by atoms with Gasteiger partial charge in [-0.1, -0.05) is 29.8 Å². The SMILES string of the molecule is CC(=O)N1CCN(CCn2cccc(-c3ccc(C(=O)Nc4c(O)cccc4C(=O)Nc4ccc(Cl)cn4)cc3)c2=O)CC1.Cl. The van der Waals surface area contributed by atoms with E-state index in [1.54, 1.807) is 54.1 Å². The molecule has 0 spiro atoms. The van der Waals surface area contributed by atoms with Crippen LogP contribution in [0.4, 0.5) is 11.5 Å². The molecule has 13 heteroatoms. The van der Waals surface area contributed by atoms with Gasteiger partial charge in [0.15, 0.2) is 0 Å². The molecular weight excluding hydrogens is 619 g/mol. The summed E-state index contributed by atoms with van der Waals surface area (Å²) >= 11 is 5.85. The van der Waals surface area contributed by atoms with E-state index < -0.39 is 11.8 Å². The number of nitrogens with one attached hydrogen (secondary N) is 2. The number of hydrogen-bond acceptors (Lipinski definition) is 7. The van der Waals surface area contributed by atoms with Gasteiger partial charge < -0.3 is 25.2 Å². The molecule has 2 aromatic carbocycles. The third-order valence-corrected chi connectivity index (χ3v) is 7.67. The summed E-state index contributed by atoms with van der Waals surface area (Å²) in [4.78, 5) is 59.0. The van der Waals surface area contributed by atoms with Gasteiger partial charge in [0.25, 0.3) is 17.4 Å². The quantitative estimate of drug-likeness (QED) is 0.241. The zero-order valence-electron chi connectivity index (χ0n) is 24.4. The Labute approximate surface area is 270 Å². The Hall–Kier alpha value is -4.71. The van der Waals surface area contributed by atoms with Crippen LogP contribution >= 0.6 is 24.0 Å². The fraction of sp³-hybridized carbons (Fsp3) is 0.219. The number of phenols is 1. The van der Waals surface area contributed by atoms with Crippen molar-refractivity contribution >= 4 is 53.2 Å². The molecule has 1 fully saturated rings. The predicted octanol–water partition coefficient (Wildman–Crippen LogP) is 4.36. The number of rotatable bonds is 8. The number of piperazine rings is 1. The van der Waals surface area contributed by atoms with Gasteiger partial charge in [0.2, 0.25) is 5.91 Å². The lowest BCUT2D eigenvalue weighted by atomic mass is 10.0. The molecule has 0 aliphatic carbocycles. The lowest BCUT2D eigenvalue weighted by molar-refractivity contribution is -0.130. The van der Waals surface area contributed by atoms with Crippen LogP contribution in [0.25, 0.3) is 11.1 Å². The van der Waals surface area contributed by atoms with Crippen molar-refractivity contribution in [2.75, 3.05) is 43.4 Å². The van der Waals surface area contributed by atoms with Gasteiger partial charge in [-0.05, 0) is 54.1 Å². The van der Waals surface area contributed by atoms with Crippen LogP contribution in [-0.2, 0) is 11.3 Å². The van der Waals surface area contributed by atoms with Gasteiger partial charge in [-0.3, -0.25) is 24.1 Å². The molecule has 5 rings (SSSR count). The number of aromatic hydroxyl groups is 1. The largest absolute Gasteiger partial charge is 0.506 e. The van der Waals surface area contributed by atoms with E-state index in [4.69, 9.17) is 11.6 Å². The Kier molecular flexibility index (Phi) is 10.9. The van der Waals surface area contributed by atoms with Gasteiger partial charge in [-0.25, -0.2) is 4.98 Å². The van der Waals surface area contributed by atoms with Crippen molar-refractivity contribution in [1.82, 2.24) is 19.4 Å². The fourth-order valence-corrected chi connectivity index (χ4v) is 5.06. The number of para-hydroxylation sites is 1. The maximum Gasteiger partial charge on any atom is 0.259 e. The summed E-state index contributed by atoms with van der Waals surface area (Å²) < 4.78 is 1.66. The summed E-state index contributed by atoms with van der Waals surface area (Å²) in [6.07, 6.45) is 3.14. The van der Waals surface area contributed by atoms with E-state index in [1.165, 1.54) is 30.5 Å². The Morgan fingerprint density at radius 2 is 1.62 bits per heavy atom. The number of carbonyl (C=O) groups excluding carboxylic acids is 3. The van der Waals surface area contributed by atoms with Crippen LogP contribution in [-0.4, -0.2) is 74.9 Å². The van der Waals surface area contributed by atoms with E-state index in [2.05, 4.69) is 20.5 Å². The summed E-state index contributed by atoms with van der Waals surface area (Å²) in [5, 5.41) is 16.1. The second-order valence-electron chi connectivity index (χ2n) is 10.3. The predicted molar refractivity (Wildman–Crippen MR) is 175 cm³/mol. The van der Waals surface area contributed by atoms with E-state index in [9.17, 15) is 24.3 Å². The van der Waals surface area contributed by atoms with Crippen LogP contribution in [0, 0.1) is 0 Å². The van der Waals surface area contributed by atoms with Gasteiger partial charge in [0.1, 0.15) is 11.6 Å². The highest BCUT2D eigenvalue weighted by Gasteiger charge is 2.20. The molecule has 1 aliphatic heterocycles. The number of carbonyl (C=O) groups is 3. The number of phenolic OH excluding ortho intramolecular Hbond substituents is 1. The first-order valence-electron chi connectivity index (χ1n) is 14.0. The van der Waals surface area contributed by atoms with E-state index >= 15 is 0 Å². The first kappa shape index (κ1) is 33.2. The number of pyridine rings is 2. The van der Waals surface area contributed by atoms with Gasteiger partial charge in [-0.15, -0.1) is 12.4 Å². The first-order chi connectivity index (χ1) is 21.2. The molecule has 11 nitrogen and oxygen atoms in total. The Balaban J connectivity index is 0.00000461. The maximum atomic E-state index is 13.3. The number of halogens is 2. The van der Waals surface area contributed by atoms with Crippen molar-refractivity contribution in [3.05, 3.63) is 106 Å². The molecule has 234 valence electrons. The van der Waals surface area contributed by atoms with Gasteiger partial charge >= 0.3 is 0 Å². The number of benzene rings is 2. The fourth-order valence-electron chi connectivity index (χ4n) is 4.95. The van der Waals surface area contributed by atoms with E-state index in [1.807, 2.05) is 11.0 Å². The highest BCUT2D eigenvalue weighted by molar-refractivity contribution is 6.30. The number of anilines is 2. The molecule has 3 N–H and O–H groups in total. The highest BCUT2D eigenvalue weighted by atomic mass is 35.5. The average Bonchev–Trinajstić information content (AvgIpc) is 3.03. The van der Waals surface area contributed by atoms with Crippen LogP contribution in [0.15, 0.2) is 83.9 Å². The second-order valence-corrected chi connectivity index (χ2v) is 10.8. The number of nitrogens with zero attached hydrogens (tertiary/aromatic N) is 4. The van der Waals surface area contributed by atoms with Crippen LogP contribution in [0.2, 0.25) is 5.02 Å². The zero-order valence-corrected chi connectivity index (χ0v) is 26.0. The molecule has 1 aliphatic rings. The van der Waals surface area contributed by atoms with E-state index in [0.29, 0.717) is 42.3 Å². The standard InChI is InChI=1S/C32H31ClN6O5.ClH/c1-21(40)38-17-14-37(15-18-38)16-19-39-13-3-5-25(32(39)44)22-7-9-23(10-8-22)30(42)36-29-26(4-2-6-27(29)41)31(43)35-28-12-11-24(33)20-34-28;/h2-13,20,41H,14-19H2,1H3,(H,36,42)(H,34,35,43);1H. The molecule has 0 bridgehead atoms. The van der Waals surface area contributed by atoms with Crippen molar-refractivity contribution in [2.45, 2.75) is 13.5 Å². The third-order valence-electron chi connectivity index (χ3n) is 7.45. The smallest absolute Gasteiger partial charge is 0.259 e. The topological polar surface area (TPSA) is 137 Å². The number of aromatic nitrogens is 2. The molecule has 0 unspecified atom stereocenters. The normalized spacial score (nSPS) is 13.1.